The lowest BCUT2D eigenvalue weighted by Gasteiger charge is -2.31. The van der Waals surface area contributed by atoms with E-state index in [4.69, 9.17) is 14.6 Å². The highest BCUT2D eigenvalue weighted by Crippen LogP contribution is 2.20. The van der Waals surface area contributed by atoms with Crippen LogP contribution >= 0.6 is 0 Å². The summed E-state index contributed by atoms with van der Waals surface area (Å²) in [6, 6.07) is 0. The second kappa shape index (κ2) is 8.87. The summed E-state index contributed by atoms with van der Waals surface area (Å²) in [4.78, 5) is 24.3. The Morgan fingerprint density at radius 2 is 1.89 bits per heavy atom. The van der Waals surface area contributed by atoms with Crippen molar-refractivity contribution in [3.8, 4) is 0 Å². The van der Waals surface area contributed by atoms with Crippen LogP contribution in [0.3, 0.4) is 0 Å². The Balaban J connectivity index is 2.12. The van der Waals surface area contributed by atoms with E-state index in [2.05, 4.69) is 0 Å². The third kappa shape index (κ3) is 6.54. The van der Waals surface area contributed by atoms with Crippen molar-refractivity contribution in [2.24, 2.45) is 5.92 Å². The first-order chi connectivity index (χ1) is 9.13. The number of ether oxygens (including phenoxy) is 2. The molecule has 0 bridgehead atoms. The molecule has 1 fully saturated rings. The Bertz CT molecular complexity index is 287. The lowest BCUT2D eigenvalue weighted by atomic mass is 9.93. The molecule has 1 rings (SSSR count). The molecule has 1 aliphatic rings. The maximum Gasteiger partial charge on any atom is 0.303 e. The van der Waals surface area contributed by atoms with Crippen LogP contribution in [0.15, 0.2) is 0 Å². The summed E-state index contributed by atoms with van der Waals surface area (Å²) < 4.78 is 10.1. The van der Waals surface area contributed by atoms with Crippen molar-refractivity contribution in [3.63, 3.8) is 0 Å². The second-order valence-electron chi connectivity index (χ2n) is 4.78. The number of piperidine rings is 1. The van der Waals surface area contributed by atoms with Crippen LogP contribution in [-0.4, -0.2) is 61.9 Å². The molecule has 1 saturated heterocycles. The first-order valence-corrected chi connectivity index (χ1v) is 6.69. The standard InChI is InChI=1S/C13H23NO5/c1-18-8-9-19-7-4-12(15)14-5-2-11(3-6-14)10-13(16)17/h11H,2-10H2,1H3,(H,16,17). The van der Waals surface area contributed by atoms with Crippen molar-refractivity contribution in [1.82, 2.24) is 4.90 Å². The number of rotatable bonds is 8. The van der Waals surface area contributed by atoms with E-state index in [0.717, 1.165) is 12.8 Å². The summed E-state index contributed by atoms with van der Waals surface area (Å²) >= 11 is 0. The van der Waals surface area contributed by atoms with Gasteiger partial charge in [0.25, 0.3) is 0 Å². The van der Waals surface area contributed by atoms with Gasteiger partial charge in [-0.3, -0.25) is 9.59 Å². The normalized spacial score (nSPS) is 16.6. The van der Waals surface area contributed by atoms with Crippen LogP contribution in [0.25, 0.3) is 0 Å². The summed E-state index contributed by atoms with van der Waals surface area (Å²) in [7, 11) is 1.61. The molecular weight excluding hydrogens is 250 g/mol. The van der Waals surface area contributed by atoms with Crippen molar-refractivity contribution >= 4 is 11.9 Å². The number of carboxylic acids is 1. The summed E-state index contributed by atoms with van der Waals surface area (Å²) in [5.74, 6) is -0.456. The Hall–Kier alpha value is -1.14. The Kier molecular flexibility index (Phi) is 7.43. The van der Waals surface area contributed by atoms with Gasteiger partial charge in [0, 0.05) is 26.6 Å². The highest BCUT2D eigenvalue weighted by atomic mass is 16.5. The highest BCUT2D eigenvalue weighted by molar-refractivity contribution is 5.76. The Morgan fingerprint density at radius 3 is 2.47 bits per heavy atom. The lowest BCUT2D eigenvalue weighted by molar-refractivity contribution is -0.138. The number of nitrogens with zero attached hydrogens (tertiary/aromatic N) is 1. The van der Waals surface area contributed by atoms with E-state index < -0.39 is 5.97 Å². The number of hydrogen-bond acceptors (Lipinski definition) is 4. The zero-order valence-electron chi connectivity index (χ0n) is 11.5. The quantitative estimate of drug-likeness (QED) is 0.660. The average molecular weight is 273 g/mol. The van der Waals surface area contributed by atoms with Crippen molar-refractivity contribution in [2.75, 3.05) is 40.0 Å². The molecule has 0 unspecified atom stereocenters. The summed E-state index contributed by atoms with van der Waals surface area (Å²) in [5.41, 5.74) is 0. The molecule has 1 N–H and O–H groups in total. The van der Waals surface area contributed by atoms with Gasteiger partial charge in [-0.2, -0.15) is 0 Å². The van der Waals surface area contributed by atoms with Crippen molar-refractivity contribution in [1.29, 1.82) is 0 Å². The predicted octanol–water partition coefficient (Wildman–Crippen LogP) is 0.753. The minimum atomic E-state index is -0.753. The molecule has 0 radical (unpaired) electrons. The Labute approximate surface area is 113 Å². The number of carbonyl (C=O) groups excluding carboxylic acids is 1. The molecule has 0 aromatic carbocycles. The van der Waals surface area contributed by atoms with Gasteiger partial charge in [0.2, 0.25) is 5.91 Å². The number of likely N-dealkylation sites (tertiary alicyclic amines) is 1. The van der Waals surface area contributed by atoms with E-state index in [9.17, 15) is 9.59 Å². The molecule has 0 aromatic rings. The van der Waals surface area contributed by atoms with Crippen LogP contribution in [0.5, 0.6) is 0 Å². The van der Waals surface area contributed by atoms with Crippen LogP contribution in [0.4, 0.5) is 0 Å². The first kappa shape index (κ1) is 15.9. The first-order valence-electron chi connectivity index (χ1n) is 6.69. The van der Waals surface area contributed by atoms with Gasteiger partial charge >= 0.3 is 5.97 Å². The number of methoxy groups -OCH3 is 1. The third-order valence-corrected chi connectivity index (χ3v) is 3.32. The maximum absolute atomic E-state index is 11.9. The topological polar surface area (TPSA) is 76.1 Å². The zero-order valence-corrected chi connectivity index (χ0v) is 11.5. The van der Waals surface area contributed by atoms with Gasteiger partial charge in [-0.25, -0.2) is 0 Å². The number of amides is 1. The summed E-state index contributed by atoms with van der Waals surface area (Å²) in [6.45, 7) is 2.78. The second-order valence-corrected chi connectivity index (χ2v) is 4.78. The third-order valence-electron chi connectivity index (χ3n) is 3.32. The minimum Gasteiger partial charge on any atom is -0.481 e. The van der Waals surface area contributed by atoms with Gasteiger partial charge in [0.1, 0.15) is 0 Å². The molecular formula is C13H23NO5. The fourth-order valence-corrected chi connectivity index (χ4v) is 2.20. The van der Waals surface area contributed by atoms with Crippen molar-refractivity contribution in [3.05, 3.63) is 0 Å². The summed E-state index contributed by atoms with van der Waals surface area (Å²) in [5, 5.41) is 8.72. The van der Waals surface area contributed by atoms with Gasteiger partial charge in [0.15, 0.2) is 0 Å². The summed E-state index contributed by atoms with van der Waals surface area (Å²) in [6.07, 6.45) is 2.15. The fraction of sp³-hybridized carbons (Fsp3) is 0.846. The minimum absolute atomic E-state index is 0.0891. The molecule has 1 aliphatic heterocycles. The number of aliphatic carboxylic acids is 1. The van der Waals surface area contributed by atoms with E-state index >= 15 is 0 Å². The van der Waals surface area contributed by atoms with Crippen LogP contribution in [-0.2, 0) is 19.1 Å². The van der Waals surface area contributed by atoms with E-state index in [1.54, 1.807) is 12.0 Å². The van der Waals surface area contributed by atoms with E-state index in [0.29, 0.717) is 39.3 Å². The fourth-order valence-electron chi connectivity index (χ4n) is 2.20. The van der Waals surface area contributed by atoms with Crippen LogP contribution in [0.2, 0.25) is 0 Å². The molecule has 19 heavy (non-hydrogen) atoms. The molecule has 0 aromatic heterocycles. The monoisotopic (exact) mass is 273 g/mol. The molecule has 6 heteroatoms. The molecule has 0 atom stereocenters. The molecule has 6 nitrogen and oxygen atoms in total. The molecule has 1 heterocycles. The van der Waals surface area contributed by atoms with E-state index in [1.165, 1.54) is 0 Å². The largest absolute Gasteiger partial charge is 0.481 e. The van der Waals surface area contributed by atoms with Crippen LogP contribution in [0, 0.1) is 5.92 Å². The number of carboxylic acid groups (broad SMARTS) is 1. The smallest absolute Gasteiger partial charge is 0.303 e. The van der Waals surface area contributed by atoms with Gasteiger partial charge in [-0.15, -0.1) is 0 Å². The highest BCUT2D eigenvalue weighted by Gasteiger charge is 2.23. The van der Waals surface area contributed by atoms with Crippen molar-refractivity contribution < 1.29 is 24.2 Å². The molecule has 0 saturated carbocycles. The number of hydrogen-bond donors (Lipinski definition) is 1. The average Bonchev–Trinajstić information content (AvgIpc) is 2.38. The molecule has 1 amide bonds. The molecule has 0 spiro atoms. The molecule has 110 valence electrons. The van der Waals surface area contributed by atoms with Gasteiger partial charge in [0.05, 0.1) is 26.2 Å². The van der Waals surface area contributed by atoms with Crippen molar-refractivity contribution in [2.45, 2.75) is 25.7 Å². The van der Waals surface area contributed by atoms with Gasteiger partial charge < -0.3 is 19.5 Å². The van der Waals surface area contributed by atoms with Gasteiger partial charge in [-0.05, 0) is 18.8 Å². The lowest BCUT2D eigenvalue weighted by Crippen LogP contribution is -2.39. The maximum atomic E-state index is 11.9. The zero-order chi connectivity index (χ0) is 14.1. The van der Waals surface area contributed by atoms with E-state index in [1.807, 2.05) is 0 Å². The van der Waals surface area contributed by atoms with Crippen LogP contribution < -0.4 is 0 Å². The van der Waals surface area contributed by atoms with Gasteiger partial charge in [-0.1, -0.05) is 0 Å². The van der Waals surface area contributed by atoms with E-state index in [-0.39, 0.29) is 18.2 Å². The predicted molar refractivity (Wildman–Crippen MR) is 68.9 cm³/mol. The Morgan fingerprint density at radius 1 is 1.21 bits per heavy atom. The SMILES string of the molecule is COCCOCCC(=O)N1CCC(CC(=O)O)CC1. The van der Waals surface area contributed by atoms with Crippen LogP contribution in [0.1, 0.15) is 25.7 Å². The number of carbonyl (C=O) groups is 2. The molecule has 0 aliphatic carbocycles.